The van der Waals surface area contributed by atoms with Gasteiger partial charge in [-0.2, -0.15) is 4.98 Å². The van der Waals surface area contributed by atoms with E-state index in [0.29, 0.717) is 17.5 Å². The van der Waals surface area contributed by atoms with Crippen LogP contribution in [0.4, 0.5) is 0 Å². The van der Waals surface area contributed by atoms with Crippen molar-refractivity contribution in [3.8, 4) is 11.8 Å². The molecule has 0 aliphatic carbocycles. The SMILES string of the molecule is Cc1nc(-n2cnc(O)c2C)no1. The third-order valence-corrected chi connectivity index (χ3v) is 1.71. The van der Waals surface area contributed by atoms with Gasteiger partial charge in [-0.3, -0.25) is 4.57 Å². The average Bonchev–Trinajstić information content (AvgIpc) is 2.62. The van der Waals surface area contributed by atoms with Crippen molar-refractivity contribution in [3.05, 3.63) is 17.9 Å². The number of aromatic hydroxyl groups is 1. The molecule has 0 radical (unpaired) electrons. The van der Waals surface area contributed by atoms with Gasteiger partial charge in [0.2, 0.25) is 11.8 Å². The Hall–Kier alpha value is -1.85. The number of hydrogen-bond acceptors (Lipinski definition) is 5. The van der Waals surface area contributed by atoms with E-state index in [-0.39, 0.29) is 5.88 Å². The second-order valence-corrected chi connectivity index (χ2v) is 2.64. The average molecular weight is 180 g/mol. The van der Waals surface area contributed by atoms with Crippen LogP contribution in [0.15, 0.2) is 10.9 Å². The van der Waals surface area contributed by atoms with Crippen LogP contribution in [0.2, 0.25) is 0 Å². The van der Waals surface area contributed by atoms with E-state index in [0.717, 1.165) is 0 Å². The molecular formula is C7H8N4O2. The largest absolute Gasteiger partial charge is 0.492 e. The number of aromatic nitrogens is 4. The first kappa shape index (κ1) is 7.78. The molecule has 0 aliphatic rings. The highest BCUT2D eigenvalue weighted by molar-refractivity contribution is 5.23. The van der Waals surface area contributed by atoms with Gasteiger partial charge in [-0.15, -0.1) is 0 Å². The fourth-order valence-electron chi connectivity index (χ4n) is 0.988. The van der Waals surface area contributed by atoms with Crippen molar-refractivity contribution >= 4 is 0 Å². The molecule has 0 atom stereocenters. The molecular weight excluding hydrogens is 172 g/mol. The zero-order chi connectivity index (χ0) is 9.42. The molecule has 0 amide bonds. The Balaban J connectivity index is 2.52. The van der Waals surface area contributed by atoms with Crippen LogP contribution in [0.3, 0.4) is 0 Å². The third kappa shape index (κ3) is 1.16. The molecule has 2 aromatic rings. The van der Waals surface area contributed by atoms with Crippen LogP contribution >= 0.6 is 0 Å². The molecule has 1 N–H and O–H groups in total. The molecule has 68 valence electrons. The van der Waals surface area contributed by atoms with Gasteiger partial charge in [-0.1, -0.05) is 0 Å². The van der Waals surface area contributed by atoms with Gasteiger partial charge >= 0.3 is 0 Å². The monoisotopic (exact) mass is 180 g/mol. The Bertz CT molecular complexity index is 431. The Morgan fingerprint density at radius 3 is 2.69 bits per heavy atom. The van der Waals surface area contributed by atoms with Crippen LogP contribution in [0, 0.1) is 13.8 Å². The lowest BCUT2D eigenvalue weighted by molar-refractivity contribution is 0.390. The van der Waals surface area contributed by atoms with E-state index < -0.39 is 0 Å². The minimum absolute atomic E-state index is 0.0255. The number of nitrogens with zero attached hydrogens (tertiary/aromatic N) is 4. The van der Waals surface area contributed by atoms with E-state index in [1.165, 1.54) is 6.33 Å². The Morgan fingerprint density at radius 2 is 2.23 bits per heavy atom. The predicted molar refractivity (Wildman–Crippen MR) is 42.6 cm³/mol. The highest BCUT2D eigenvalue weighted by atomic mass is 16.5. The van der Waals surface area contributed by atoms with Crippen LogP contribution in [0.1, 0.15) is 11.6 Å². The van der Waals surface area contributed by atoms with Gasteiger partial charge < -0.3 is 9.63 Å². The van der Waals surface area contributed by atoms with E-state index in [2.05, 4.69) is 15.1 Å². The zero-order valence-electron chi connectivity index (χ0n) is 7.22. The normalized spacial score (nSPS) is 10.6. The van der Waals surface area contributed by atoms with Crippen LogP contribution in [-0.2, 0) is 0 Å². The highest BCUT2D eigenvalue weighted by Crippen LogP contribution is 2.15. The molecule has 0 aromatic carbocycles. The van der Waals surface area contributed by atoms with E-state index in [9.17, 15) is 5.11 Å². The lowest BCUT2D eigenvalue weighted by Crippen LogP contribution is -1.96. The summed E-state index contributed by atoms with van der Waals surface area (Å²) in [4.78, 5) is 7.69. The van der Waals surface area contributed by atoms with Crippen LogP contribution in [-0.4, -0.2) is 24.8 Å². The predicted octanol–water partition coefficient (Wildman–Crippen LogP) is 0.578. The molecule has 13 heavy (non-hydrogen) atoms. The summed E-state index contributed by atoms with van der Waals surface area (Å²) in [6, 6.07) is 0. The van der Waals surface area contributed by atoms with Crippen LogP contribution in [0.25, 0.3) is 5.95 Å². The Morgan fingerprint density at radius 1 is 1.46 bits per heavy atom. The molecule has 0 bridgehead atoms. The summed E-state index contributed by atoms with van der Waals surface area (Å²) in [6.45, 7) is 3.41. The highest BCUT2D eigenvalue weighted by Gasteiger charge is 2.10. The van der Waals surface area contributed by atoms with Crippen molar-refractivity contribution in [2.45, 2.75) is 13.8 Å². The van der Waals surface area contributed by atoms with E-state index in [4.69, 9.17) is 4.52 Å². The maximum atomic E-state index is 9.19. The first-order valence-electron chi connectivity index (χ1n) is 3.72. The van der Waals surface area contributed by atoms with E-state index in [1.807, 2.05) is 0 Å². The maximum Gasteiger partial charge on any atom is 0.275 e. The number of rotatable bonds is 1. The van der Waals surface area contributed by atoms with E-state index in [1.54, 1.807) is 18.4 Å². The Kier molecular flexibility index (Phi) is 1.54. The van der Waals surface area contributed by atoms with Gasteiger partial charge in [0.25, 0.3) is 5.95 Å². The van der Waals surface area contributed by atoms with Crippen molar-refractivity contribution in [2.24, 2.45) is 0 Å². The van der Waals surface area contributed by atoms with Crippen molar-refractivity contribution in [1.29, 1.82) is 0 Å². The minimum atomic E-state index is -0.0255. The topological polar surface area (TPSA) is 77.0 Å². The second-order valence-electron chi connectivity index (χ2n) is 2.64. The summed E-state index contributed by atoms with van der Waals surface area (Å²) in [5.41, 5.74) is 0.584. The smallest absolute Gasteiger partial charge is 0.275 e. The number of aryl methyl sites for hydroxylation is 1. The van der Waals surface area contributed by atoms with Gasteiger partial charge in [0, 0.05) is 6.92 Å². The maximum absolute atomic E-state index is 9.19. The fourth-order valence-corrected chi connectivity index (χ4v) is 0.988. The molecule has 0 aliphatic heterocycles. The van der Waals surface area contributed by atoms with Crippen molar-refractivity contribution < 1.29 is 9.63 Å². The summed E-state index contributed by atoms with van der Waals surface area (Å²) in [6.07, 6.45) is 1.44. The molecule has 6 nitrogen and oxygen atoms in total. The summed E-state index contributed by atoms with van der Waals surface area (Å²) >= 11 is 0. The lowest BCUT2D eigenvalue weighted by atomic mass is 10.5. The van der Waals surface area contributed by atoms with Crippen molar-refractivity contribution in [1.82, 2.24) is 19.7 Å². The molecule has 2 heterocycles. The molecule has 0 saturated heterocycles. The van der Waals surface area contributed by atoms with Gasteiger partial charge in [-0.25, -0.2) is 4.98 Å². The molecule has 0 saturated carbocycles. The van der Waals surface area contributed by atoms with Gasteiger partial charge in [0.05, 0.1) is 5.69 Å². The quantitative estimate of drug-likeness (QED) is 0.694. The van der Waals surface area contributed by atoms with E-state index >= 15 is 0 Å². The van der Waals surface area contributed by atoms with Gasteiger partial charge in [0.1, 0.15) is 6.33 Å². The first-order chi connectivity index (χ1) is 6.18. The van der Waals surface area contributed by atoms with Crippen molar-refractivity contribution in [2.75, 3.05) is 0 Å². The molecule has 6 heteroatoms. The molecule has 0 unspecified atom stereocenters. The van der Waals surface area contributed by atoms with Crippen LogP contribution in [0.5, 0.6) is 5.88 Å². The summed E-state index contributed by atoms with van der Waals surface area (Å²) in [7, 11) is 0. The van der Waals surface area contributed by atoms with Gasteiger partial charge in [0.15, 0.2) is 0 Å². The molecule has 2 rings (SSSR count). The van der Waals surface area contributed by atoms with Crippen LogP contribution < -0.4 is 0 Å². The first-order valence-corrected chi connectivity index (χ1v) is 3.72. The molecule has 0 fully saturated rings. The van der Waals surface area contributed by atoms with Gasteiger partial charge in [-0.05, 0) is 12.1 Å². The molecule has 0 spiro atoms. The summed E-state index contributed by atoms with van der Waals surface area (Å²) < 4.78 is 6.34. The lowest BCUT2D eigenvalue weighted by Gasteiger charge is -1.94. The summed E-state index contributed by atoms with van der Waals surface area (Å²) in [5, 5.41) is 12.9. The standard InChI is InChI=1S/C7H8N4O2/c1-4-6(12)8-3-11(4)7-9-5(2)13-10-7/h3,12H,1-2H3. The zero-order valence-corrected chi connectivity index (χ0v) is 7.22. The number of hydrogen-bond donors (Lipinski definition) is 1. The summed E-state index contributed by atoms with van der Waals surface area (Å²) in [5.74, 6) is 0.827. The molecule has 2 aromatic heterocycles. The third-order valence-electron chi connectivity index (χ3n) is 1.71. The fraction of sp³-hybridized carbons (Fsp3) is 0.286. The Labute approximate surface area is 73.8 Å². The van der Waals surface area contributed by atoms with Crippen molar-refractivity contribution in [3.63, 3.8) is 0 Å². The second kappa shape index (κ2) is 2.58. The minimum Gasteiger partial charge on any atom is -0.492 e. The number of imidazole rings is 1.